The standard InChI is InChI=1S/C13H16Cl2N2OS.ClH/c14-11-5-10(12(15)19-11)13(18)17-3-1-8-6-16-7-9(8)2-4-17;/h5,8-9,16H,1-4,6-7H2;1H/t8-,9+;. The molecule has 0 radical (unpaired) electrons. The third kappa shape index (κ3) is 3.25. The van der Waals surface area contributed by atoms with Crippen LogP contribution in [0.4, 0.5) is 0 Å². The summed E-state index contributed by atoms with van der Waals surface area (Å²) in [5.74, 6) is 1.47. The van der Waals surface area contributed by atoms with Crippen molar-refractivity contribution in [3.63, 3.8) is 0 Å². The summed E-state index contributed by atoms with van der Waals surface area (Å²) in [6.07, 6.45) is 2.16. The highest BCUT2D eigenvalue weighted by Crippen LogP contribution is 2.33. The predicted octanol–water partition coefficient (Wildman–Crippen LogP) is 3.55. The first-order chi connectivity index (χ1) is 9.15. The SMILES string of the molecule is Cl.O=C(c1cc(Cl)sc1Cl)N1CC[C@@H]2CNC[C@@H]2CC1. The molecule has 1 amide bonds. The predicted molar refractivity (Wildman–Crippen MR) is 86.6 cm³/mol. The maximum Gasteiger partial charge on any atom is 0.256 e. The van der Waals surface area contributed by atoms with Crippen LogP contribution in [0.1, 0.15) is 23.2 Å². The summed E-state index contributed by atoms with van der Waals surface area (Å²) in [6, 6.07) is 1.68. The fourth-order valence-corrected chi connectivity index (χ4v) is 4.53. The Balaban J connectivity index is 0.00000147. The zero-order valence-corrected chi connectivity index (χ0v) is 14.0. The van der Waals surface area contributed by atoms with Crippen molar-refractivity contribution in [2.24, 2.45) is 11.8 Å². The van der Waals surface area contributed by atoms with Crippen LogP contribution in [0.5, 0.6) is 0 Å². The molecule has 3 nitrogen and oxygen atoms in total. The number of hydrogen-bond donors (Lipinski definition) is 1. The van der Waals surface area contributed by atoms with Crippen LogP contribution in [0, 0.1) is 11.8 Å². The summed E-state index contributed by atoms with van der Waals surface area (Å²) in [5.41, 5.74) is 0.557. The van der Waals surface area contributed by atoms with Crippen LogP contribution in [0.2, 0.25) is 8.67 Å². The van der Waals surface area contributed by atoms with Gasteiger partial charge in [0.1, 0.15) is 4.34 Å². The molecule has 1 aromatic heterocycles. The highest BCUT2D eigenvalue weighted by atomic mass is 35.5. The van der Waals surface area contributed by atoms with E-state index >= 15 is 0 Å². The van der Waals surface area contributed by atoms with Crippen LogP contribution in [0.25, 0.3) is 0 Å². The van der Waals surface area contributed by atoms with Crippen molar-refractivity contribution in [1.82, 2.24) is 10.2 Å². The fourth-order valence-electron chi connectivity index (χ4n) is 3.08. The molecule has 2 fully saturated rings. The number of rotatable bonds is 1. The number of hydrogen-bond acceptors (Lipinski definition) is 3. The third-order valence-corrected chi connectivity index (χ3v) is 5.68. The van der Waals surface area contributed by atoms with Crippen molar-refractivity contribution in [2.45, 2.75) is 12.8 Å². The van der Waals surface area contributed by atoms with Gasteiger partial charge in [-0.2, -0.15) is 0 Å². The van der Waals surface area contributed by atoms with Gasteiger partial charge in [-0.15, -0.1) is 23.7 Å². The van der Waals surface area contributed by atoms with E-state index in [0.717, 1.165) is 50.9 Å². The Morgan fingerprint density at radius 2 is 1.85 bits per heavy atom. The van der Waals surface area contributed by atoms with E-state index in [1.54, 1.807) is 6.07 Å². The number of halogens is 3. The van der Waals surface area contributed by atoms with Gasteiger partial charge in [0.2, 0.25) is 0 Å². The molecule has 2 aliphatic heterocycles. The molecule has 3 rings (SSSR count). The van der Waals surface area contributed by atoms with E-state index in [1.807, 2.05) is 4.90 Å². The number of carbonyl (C=O) groups is 1. The van der Waals surface area contributed by atoms with Gasteiger partial charge in [-0.3, -0.25) is 4.79 Å². The molecule has 20 heavy (non-hydrogen) atoms. The van der Waals surface area contributed by atoms with E-state index < -0.39 is 0 Å². The lowest BCUT2D eigenvalue weighted by molar-refractivity contribution is 0.0759. The molecular formula is C13H17Cl3N2OS. The Hall–Kier alpha value is -0.000000000000000104. The number of amides is 1. The van der Waals surface area contributed by atoms with E-state index in [4.69, 9.17) is 23.2 Å². The molecular weight excluding hydrogens is 339 g/mol. The molecule has 0 unspecified atom stereocenters. The van der Waals surface area contributed by atoms with Gasteiger partial charge in [-0.1, -0.05) is 23.2 Å². The average Bonchev–Trinajstić information content (AvgIpc) is 2.90. The lowest BCUT2D eigenvalue weighted by atomic mass is 9.92. The Kier molecular flexibility index (Phi) is 5.60. The van der Waals surface area contributed by atoms with Gasteiger partial charge in [0, 0.05) is 13.1 Å². The van der Waals surface area contributed by atoms with Crippen molar-refractivity contribution in [3.8, 4) is 0 Å². The van der Waals surface area contributed by atoms with Crippen molar-refractivity contribution in [1.29, 1.82) is 0 Å². The Labute approximate surface area is 139 Å². The second-order valence-electron chi connectivity index (χ2n) is 5.29. The minimum Gasteiger partial charge on any atom is -0.339 e. The molecule has 1 N–H and O–H groups in total. The Morgan fingerprint density at radius 1 is 1.25 bits per heavy atom. The van der Waals surface area contributed by atoms with Crippen LogP contribution >= 0.6 is 46.9 Å². The molecule has 1 aromatic rings. The summed E-state index contributed by atoms with van der Waals surface area (Å²) in [5, 5.41) is 3.44. The first-order valence-electron chi connectivity index (χ1n) is 6.60. The van der Waals surface area contributed by atoms with E-state index in [-0.39, 0.29) is 18.3 Å². The molecule has 7 heteroatoms. The number of nitrogens with zero attached hydrogens (tertiary/aromatic N) is 1. The molecule has 3 heterocycles. The average molecular weight is 356 g/mol. The molecule has 0 aromatic carbocycles. The van der Waals surface area contributed by atoms with Crippen LogP contribution in [0.3, 0.4) is 0 Å². The second kappa shape index (κ2) is 6.84. The van der Waals surface area contributed by atoms with Gasteiger partial charge in [-0.25, -0.2) is 0 Å². The van der Waals surface area contributed by atoms with E-state index in [2.05, 4.69) is 5.32 Å². The van der Waals surface area contributed by atoms with Crippen LogP contribution in [-0.4, -0.2) is 37.0 Å². The number of likely N-dealkylation sites (tertiary alicyclic amines) is 1. The molecule has 0 aliphatic carbocycles. The van der Waals surface area contributed by atoms with Crippen molar-refractivity contribution in [3.05, 3.63) is 20.3 Å². The van der Waals surface area contributed by atoms with Crippen molar-refractivity contribution >= 4 is 52.9 Å². The van der Waals surface area contributed by atoms with Crippen LogP contribution < -0.4 is 5.32 Å². The molecule has 2 saturated heterocycles. The maximum absolute atomic E-state index is 12.5. The second-order valence-corrected chi connectivity index (χ2v) is 7.57. The molecule has 2 aliphatic rings. The normalized spacial score (nSPS) is 25.8. The lowest BCUT2D eigenvalue weighted by Gasteiger charge is -2.20. The fraction of sp³-hybridized carbons (Fsp3) is 0.615. The third-order valence-electron chi connectivity index (χ3n) is 4.19. The summed E-state index contributed by atoms with van der Waals surface area (Å²) >= 11 is 13.2. The van der Waals surface area contributed by atoms with Gasteiger partial charge >= 0.3 is 0 Å². The molecule has 0 spiro atoms. The van der Waals surface area contributed by atoms with Gasteiger partial charge in [0.05, 0.1) is 9.90 Å². The number of nitrogens with one attached hydrogen (secondary N) is 1. The van der Waals surface area contributed by atoms with Gasteiger partial charge in [0.25, 0.3) is 5.91 Å². The first-order valence-corrected chi connectivity index (χ1v) is 8.17. The summed E-state index contributed by atoms with van der Waals surface area (Å²) in [4.78, 5) is 14.4. The van der Waals surface area contributed by atoms with Crippen LogP contribution in [0.15, 0.2) is 6.07 Å². The van der Waals surface area contributed by atoms with E-state index in [1.165, 1.54) is 11.3 Å². The van der Waals surface area contributed by atoms with Crippen molar-refractivity contribution in [2.75, 3.05) is 26.2 Å². The van der Waals surface area contributed by atoms with Gasteiger partial charge in [-0.05, 0) is 43.8 Å². The largest absolute Gasteiger partial charge is 0.339 e. The smallest absolute Gasteiger partial charge is 0.256 e. The van der Waals surface area contributed by atoms with Crippen molar-refractivity contribution < 1.29 is 4.79 Å². The topological polar surface area (TPSA) is 32.3 Å². The minimum atomic E-state index is 0. The Morgan fingerprint density at radius 3 is 2.35 bits per heavy atom. The number of carbonyl (C=O) groups excluding carboxylic acids is 1. The number of thiophene rings is 1. The van der Waals surface area contributed by atoms with E-state index in [9.17, 15) is 4.79 Å². The highest BCUT2D eigenvalue weighted by Gasteiger charge is 2.32. The minimum absolute atomic E-state index is 0. The Bertz CT molecular complexity index is 480. The number of fused-ring (bicyclic) bond motifs is 1. The maximum atomic E-state index is 12.5. The first kappa shape index (κ1) is 16.4. The van der Waals surface area contributed by atoms with E-state index in [0.29, 0.717) is 14.2 Å². The molecule has 2 atom stereocenters. The van der Waals surface area contributed by atoms with Crippen LogP contribution in [-0.2, 0) is 0 Å². The van der Waals surface area contributed by atoms with Gasteiger partial charge in [0.15, 0.2) is 0 Å². The molecule has 112 valence electrons. The quantitative estimate of drug-likeness (QED) is 0.835. The molecule has 0 bridgehead atoms. The molecule has 0 saturated carbocycles. The summed E-state index contributed by atoms with van der Waals surface area (Å²) in [7, 11) is 0. The lowest BCUT2D eigenvalue weighted by Crippen LogP contribution is -2.32. The zero-order chi connectivity index (χ0) is 13.4. The summed E-state index contributed by atoms with van der Waals surface area (Å²) in [6.45, 7) is 3.84. The zero-order valence-electron chi connectivity index (χ0n) is 10.9. The monoisotopic (exact) mass is 354 g/mol. The highest BCUT2D eigenvalue weighted by molar-refractivity contribution is 7.20. The summed E-state index contributed by atoms with van der Waals surface area (Å²) < 4.78 is 1.07. The van der Waals surface area contributed by atoms with Gasteiger partial charge < -0.3 is 10.2 Å².